The molecule has 0 amide bonds. The van der Waals surface area contributed by atoms with Gasteiger partial charge in [-0.1, -0.05) is 0 Å². The van der Waals surface area contributed by atoms with Crippen molar-refractivity contribution in [2.24, 2.45) is 0 Å². The number of ether oxygens (including phenoxy) is 2. The molecule has 0 aliphatic heterocycles. The van der Waals surface area contributed by atoms with Crippen molar-refractivity contribution in [1.82, 2.24) is 24.3 Å². The van der Waals surface area contributed by atoms with Gasteiger partial charge in [0, 0.05) is 24.4 Å². The lowest BCUT2D eigenvalue weighted by molar-refractivity contribution is 0.354. The lowest BCUT2D eigenvalue weighted by Gasteiger charge is -2.12. The molecule has 10 nitrogen and oxygen atoms in total. The topological polar surface area (TPSA) is 117 Å². The molecular weight excluding hydrogens is 410 g/mol. The Bertz CT molecular complexity index is 1220. The quantitative estimate of drug-likeness (QED) is 0.564. The zero-order valence-corrected chi connectivity index (χ0v) is 17.9. The molecule has 0 radical (unpaired) electrons. The number of aromatic nitrogens is 4. The van der Waals surface area contributed by atoms with Crippen LogP contribution in [-0.2, 0) is 16.6 Å². The molecule has 0 saturated carbocycles. The van der Waals surface area contributed by atoms with E-state index in [2.05, 4.69) is 14.9 Å². The summed E-state index contributed by atoms with van der Waals surface area (Å²) in [6, 6.07) is 9.14. The van der Waals surface area contributed by atoms with Gasteiger partial charge in [0.2, 0.25) is 10.0 Å². The average molecular weight is 433 g/mol. The van der Waals surface area contributed by atoms with Crippen molar-refractivity contribution in [2.45, 2.75) is 25.3 Å². The van der Waals surface area contributed by atoms with Gasteiger partial charge >= 0.3 is 0 Å². The average Bonchev–Trinajstić information content (AvgIpc) is 3.06. The smallest absolute Gasteiger partial charge is 0.266 e. The summed E-state index contributed by atoms with van der Waals surface area (Å²) in [7, 11) is -0.919. The zero-order chi connectivity index (χ0) is 21.9. The maximum atomic E-state index is 12.6. The summed E-state index contributed by atoms with van der Waals surface area (Å²) in [5.74, 6) is 1.20. The van der Waals surface area contributed by atoms with Gasteiger partial charge in [-0.15, -0.1) is 5.10 Å². The number of hydrogen-bond acceptors (Lipinski definition) is 7. The largest absolute Gasteiger partial charge is 0.493 e. The number of sulfonamides is 1. The minimum Gasteiger partial charge on any atom is -0.493 e. The van der Waals surface area contributed by atoms with E-state index in [0.717, 1.165) is 11.4 Å². The van der Waals surface area contributed by atoms with Crippen molar-refractivity contribution in [1.29, 1.82) is 0 Å². The summed E-state index contributed by atoms with van der Waals surface area (Å²) in [6.45, 7) is 3.78. The van der Waals surface area contributed by atoms with E-state index in [9.17, 15) is 13.2 Å². The molecule has 2 heterocycles. The number of benzene rings is 1. The lowest BCUT2D eigenvalue weighted by Crippen LogP contribution is -2.32. The second-order valence-corrected chi connectivity index (χ2v) is 8.27. The maximum absolute atomic E-state index is 12.6. The van der Waals surface area contributed by atoms with Gasteiger partial charge in [-0.2, -0.15) is 5.10 Å². The van der Waals surface area contributed by atoms with E-state index in [1.165, 1.54) is 43.2 Å². The lowest BCUT2D eigenvalue weighted by atomic mass is 10.3. The normalized spacial score (nSPS) is 11.5. The zero-order valence-electron chi connectivity index (χ0n) is 17.1. The van der Waals surface area contributed by atoms with Crippen LogP contribution < -0.4 is 19.8 Å². The first-order valence-electron chi connectivity index (χ1n) is 9.08. The van der Waals surface area contributed by atoms with Crippen molar-refractivity contribution in [3.63, 3.8) is 0 Å². The fourth-order valence-electron chi connectivity index (χ4n) is 2.93. The first-order chi connectivity index (χ1) is 14.2. The van der Waals surface area contributed by atoms with Crippen LogP contribution >= 0.6 is 0 Å². The third-order valence-electron chi connectivity index (χ3n) is 4.36. The molecule has 1 aromatic carbocycles. The molecule has 0 bridgehead atoms. The van der Waals surface area contributed by atoms with E-state index in [0.29, 0.717) is 17.3 Å². The Balaban J connectivity index is 1.75. The van der Waals surface area contributed by atoms with Crippen LogP contribution in [0, 0.1) is 13.8 Å². The summed E-state index contributed by atoms with van der Waals surface area (Å²) in [4.78, 5) is 12.2. The summed E-state index contributed by atoms with van der Waals surface area (Å²) >= 11 is 0. The molecule has 0 atom stereocenters. The molecule has 30 heavy (non-hydrogen) atoms. The van der Waals surface area contributed by atoms with Crippen molar-refractivity contribution >= 4 is 10.0 Å². The maximum Gasteiger partial charge on any atom is 0.266 e. The van der Waals surface area contributed by atoms with Gasteiger partial charge in [0.05, 0.1) is 31.4 Å². The summed E-state index contributed by atoms with van der Waals surface area (Å²) in [6.07, 6.45) is 0. The fourth-order valence-corrected chi connectivity index (χ4v) is 3.96. The molecule has 0 aliphatic carbocycles. The second kappa shape index (κ2) is 8.67. The highest BCUT2D eigenvalue weighted by Gasteiger charge is 2.17. The highest BCUT2D eigenvalue weighted by atomic mass is 32.2. The number of methoxy groups -OCH3 is 2. The van der Waals surface area contributed by atoms with E-state index < -0.39 is 10.0 Å². The van der Waals surface area contributed by atoms with Crippen LogP contribution in [-0.4, -0.2) is 48.7 Å². The highest BCUT2D eigenvalue weighted by molar-refractivity contribution is 7.89. The van der Waals surface area contributed by atoms with E-state index in [1.807, 2.05) is 19.9 Å². The Labute approximate surface area is 174 Å². The Morgan fingerprint density at radius 1 is 1.00 bits per heavy atom. The summed E-state index contributed by atoms with van der Waals surface area (Å²) in [5, 5.41) is 8.64. The minimum absolute atomic E-state index is 0.0237. The van der Waals surface area contributed by atoms with Crippen LogP contribution in [0.25, 0.3) is 5.82 Å². The van der Waals surface area contributed by atoms with Crippen LogP contribution in [0.5, 0.6) is 11.5 Å². The molecule has 0 fully saturated rings. The van der Waals surface area contributed by atoms with Gasteiger partial charge in [-0.3, -0.25) is 4.79 Å². The van der Waals surface area contributed by atoms with Crippen LogP contribution in [0.1, 0.15) is 11.4 Å². The van der Waals surface area contributed by atoms with Crippen LogP contribution in [0.4, 0.5) is 0 Å². The standard InChI is InChI=1S/C19H23N5O5S/c1-13-11-14(2)24(21-13)18-7-8-19(25)23(22-18)10-9-20-30(26,27)15-5-6-16(28-3)17(12-15)29-4/h5-8,11-12,20H,9-10H2,1-4H3. The molecule has 0 spiro atoms. The molecule has 1 N–H and O–H groups in total. The minimum atomic E-state index is -3.81. The van der Waals surface area contributed by atoms with Crippen LogP contribution in [0.15, 0.2) is 46.1 Å². The Morgan fingerprint density at radius 3 is 2.37 bits per heavy atom. The molecule has 11 heteroatoms. The predicted octanol–water partition coefficient (Wildman–Crippen LogP) is 1.04. The van der Waals surface area contributed by atoms with Crippen molar-refractivity contribution in [3.05, 3.63) is 58.1 Å². The van der Waals surface area contributed by atoms with Gasteiger partial charge in [-0.25, -0.2) is 22.5 Å². The molecular formula is C19H23N5O5S. The third kappa shape index (κ3) is 4.52. The number of aryl methyl sites for hydroxylation is 2. The number of nitrogens with zero attached hydrogens (tertiary/aromatic N) is 4. The van der Waals surface area contributed by atoms with E-state index in [4.69, 9.17) is 9.47 Å². The number of rotatable bonds is 8. The number of hydrogen-bond donors (Lipinski definition) is 1. The van der Waals surface area contributed by atoms with E-state index in [-0.39, 0.29) is 23.5 Å². The van der Waals surface area contributed by atoms with Gasteiger partial charge in [0.1, 0.15) is 0 Å². The summed E-state index contributed by atoms with van der Waals surface area (Å²) < 4.78 is 40.7. The molecule has 160 valence electrons. The summed E-state index contributed by atoms with van der Waals surface area (Å²) in [5.41, 5.74) is 1.36. The monoisotopic (exact) mass is 433 g/mol. The van der Waals surface area contributed by atoms with Gasteiger partial charge in [0.15, 0.2) is 17.3 Å². The Hall–Kier alpha value is -3.18. The third-order valence-corrected chi connectivity index (χ3v) is 5.82. The molecule has 3 rings (SSSR count). The molecule has 2 aromatic heterocycles. The van der Waals surface area contributed by atoms with E-state index >= 15 is 0 Å². The molecule has 0 unspecified atom stereocenters. The first kappa shape index (κ1) is 21.5. The van der Waals surface area contributed by atoms with Crippen molar-refractivity contribution in [2.75, 3.05) is 20.8 Å². The molecule has 3 aromatic rings. The van der Waals surface area contributed by atoms with Gasteiger partial charge < -0.3 is 9.47 Å². The van der Waals surface area contributed by atoms with Crippen LogP contribution in [0.3, 0.4) is 0 Å². The Kier molecular flexibility index (Phi) is 6.22. The van der Waals surface area contributed by atoms with Gasteiger partial charge in [0.25, 0.3) is 5.56 Å². The molecule has 0 aliphatic rings. The first-order valence-corrected chi connectivity index (χ1v) is 10.6. The molecule has 0 saturated heterocycles. The van der Waals surface area contributed by atoms with Crippen LogP contribution in [0.2, 0.25) is 0 Å². The van der Waals surface area contributed by atoms with Crippen molar-refractivity contribution in [3.8, 4) is 17.3 Å². The second-order valence-electron chi connectivity index (χ2n) is 6.51. The SMILES string of the molecule is COc1ccc(S(=O)(=O)NCCn2nc(-n3nc(C)cc3C)ccc2=O)cc1OC. The highest BCUT2D eigenvalue weighted by Crippen LogP contribution is 2.29. The van der Waals surface area contributed by atoms with Crippen molar-refractivity contribution < 1.29 is 17.9 Å². The fraction of sp³-hybridized carbons (Fsp3) is 0.316. The Morgan fingerprint density at radius 2 is 1.73 bits per heavy atom. The van der Waals surface area contributed by atoms with E-state index in [1.54, 1.807) is 10.7 Å². The number of nitrogens with one attached hydrogen (secondary N) is 1. The predicted molar refractivity (Wildman–Crippen MR) is 110 cm³/mol. The van der Waals surface area contributed by atoms with Gasteiger partial charge in [-0.05, 0) is 38.1 Å².